The fourth-order valence-corrected chi connectivity index (χ4v) is 3.50. The van der Waals surface area contributed by atoms with E-state index in [9.17, 15) is 4.79 Å². The predicted octanol–water partition coefficient (Wildman–Crippen LogP) is 4.90. The molecule has 0 saturated carbocycles. The van der Waals surface area contributed by atoms with Crippen molar-refractivity contribution in [3.63, 3.8) is 0 Å². The Bertz CT molecular complexity index is 885. The van der Waals surface area contributed by atoms with Crippen LogP contribution in [0.1, 0.15) is 32.3 Å². The first-order valence-corrected chi connectivity index (χ1v) is 8.64. The van der Waals surface area contributed by atoms with Crippen molar-refractivity contribution in [3.8, 4) is 0 Å². The zero-order valence-corrected chi connectivity index (χ0v) is 15.2. The Morgan fingerprint density at radius 3 is 2.83 bits per heavy atom. The summed E-state index contributed by atoms with van der Waals surface area (Å²) in [6, 6.07) is 5.51. The summed E-state index contributed by atoms with van der Waals surface area (Å²) in [6.45, 7) is 3.42. The van der Waals surface area contributed by atoms with Crippen LogP contribution in [0.5, 0.6) is 0 Å². The first kappa shape index (κ1) is 17.0. The molecule has 0 spiro atoms. The highest BCUT2D eigenvalue weighted by molar-refractivity contribution is 7.15. The molecule has 0 bridgehead atoms. The third kappa shape index (κ3) is 3.45. The monoisotopic (exact) mass is 381 g/mol. The summed E-state index contributed by atoms with van der Waals surface area (Å²) < 4.78 is 5.01. The van der Waals surface area contributed by atoms with Crippen molar-refractivity contribution in [2.75, 3.05) is 5.32 Å². The average molecular weight is 382 g/mol. The van der Waals surface area contributed by atoms with Crippen molar-refractivity contribution in [2.45, 2.75) is 20.3 Å². The van der Waals surface area contributed by atoms with Gasteiger partial charge in [-0.25, -0.2) is 4.98 Å². The summed E-state index contributed by atoms with van der Waals surface area (Å²) in [4.78, 5) is 17.5. The minimum atomic E-state index is -0.284. The zero-order chi connectivity index (χ0) is 17.3. The molecule has 0 radical (unpaired) electrons. The molecule has 24 heavy (non-hydrogen) atoms. The van der Waals surface area contributed by atoms with Crippen molar-refractivity contribution in [1.29, 1.82) is 0 Å². The smallest absolute Gasteiger partial charge is 0.262 e. The van der Waals surface area contributed by atoms with Crippen LogP contribution >= 0.6 is 34.5 Å². The van der Waals surface area contributed by atoms with Crippen molar-refractivity contribution in [2.24, 2.45) is 0 Å². The number of benzene rings is 1. The number of aryl methyl sites for hydroxylation is 2. The second-order valence-electron chi connectivity index (χ2n) is 5.17. The van der Waals surface area contributed by atoms with Gasteiger partial charge in [-0.2, -0.15) is 0 Å². The minimum absolute atomic E-state index is 0.284. The van der Waals surface area contributed by atoms with Gasteiger partial charge in [0.15, 0.2) is 5.13 Å². The van der Waals surface area contributed by atoms with E-state index in [1.807, 2.05) is 12.1 Å². The van der Waals surface area contributed by atoms with Crippen LogP contribution in [-0.4, -0.2) is 16.0 Å². The lowest BCUT2D eigenvalue weighted by Crippen LogP contribution is -2.13. The standard InChI is InChI=1S/C16H13Cl2N3O2S/c1-8-13(9(2)23-21-8)15(22)20-16-19-7-11(24-16)6-10-4-3-5-12(17)14(10)18/h3-5,7H,6H2,1-2H3,(H,19,20,22). The van der Waals surface area contributed by atoms with Gasteiger partial charge in [-0.1, -0.05) is 40.5 Å². The minimum Gasteiger partial charge on any atom is -0.361 e. The number of carbonyl (C=O) groups is 1. The van der Waals surface area contributed by atoms with Gasteiger partial charge in [-0.05, 0) is 25.5 Å². The van der Waals surface area contributed by atoms with Crippen LogP contribution in [-0.2, 0) is 6.42 Å². The SMILES string of the molecule is Cc1noc(C)c1C(=O)Nc1ncc(Cc2cccc(Cl)c2Cl)s1. The van der Waals surface area contributed by atoms with Crippen molar-refractivity contribution in [3.05, 3.63) is 61.9 Å². The molecule has 1 amide bonds. The molecule has 2 aromatic heterocycles. The Balaban J connectivity index is 1.74. The summed E-state index contributed by atoms with van der Waals surface area (Å²) in [6.07, 6.45) is 2.31. The number of halogens is 2. The molecule has 0 fully saturated rings. The molecule has 3 rings (SSSR count). The normalized spacial score (nSPS) is 10.8. The Labute approximate surface area is 152 Å². The molecular weight excluding hydrogens is 369 g/mol. The Hall–Kier alpha value is -1.89. The topological polar surface area (TPSA) is 68.0 Å². The van der Waals surface area contributed by atoms with Gasteiger partial charge in [-0.15, -0.1) is 11.3 Å². The van der Waals surface area contributed by atoms with Gasteiger partial charge in [0.1, 0.15) is 11.3 Å². The van der Waals surface area contributed by atoms with Crippen LogP contribution in [0.4, 0.5) is 5.13 Å². The van der Waals surface area contributed by atoms with Crippen molar-refractivity contribution in [1.82, 2.24) is 10.1 Å². The lowest BCUT2D eigenvalue weighted by molar-refractivity contribution is 0.102. The molecule has 0 atom stereocenters. The highest BCUT2D eigenvalue weighted by Crippen LogP contribution is 2.29. The average Bonchev–Trinajstić information content (AvgIpc) is 3.10. The highest BCUT2D eigenvalue weighted by Gasteiger charge is 2.18. The maximum atomic E-state index is 12.3. The van der Waals surface area contributed by atoms with Gasteiger partial charge >= 0.3 is 0 Å². The van der Waals surface area contributed by atoms with E-state index < -0.39 is 0 Å². The van der Waals surface area contributed by atoms with E-state index in [1.165, 1.54) is 11.3 Å². The highest BCUT2D eigenvalue weighted by atomic mass is 35.5. The maximum absolute atomic E-state index is 12.3. The maximum Gasteiger partial charge on any atom is 0.262 e. The van der Waals surface area contributed by atoms with Crippen LogP contribution < -0.4 is 5.32 Å². The molecule has 2 heterocycles. The molecule has 0 unspecified atom stereocenters. The second kappa shape index (κ2) is 6.93. The Kier molecular flexibility index (Phi) is 4.89. The third-order valence-electron chi connectivity index (χ3n) is 3.43. The summed E-state index contributed by atoms with van der Waals surface area (Å²) in [5, 5.41) is 8.11. The van der Waals surface area contributed by atoms with Gasteiger partial charge in [0.2, 0.25) is 0 Å². The van der Waals surface area contributed by atoms with E-state index in [0.29, 0.717) is 38.6 Å². The molecule has 0 saturated heterocycles. The molecule has 5 nitrogen and oxygen atoms in total. The molecule has 3 aromatic rings. The fraction of sp³-hybridized carbons (Fsp3) is 0.188. The van der Waals surface area contributed by atoms with E-state index in [-0.39, 0.29) is 5.91 Å². The summed E-state index contributed by atoms with van der Waals surface area (Å²) in [5.74, 6) is 0.195. The van der Waals surface area contributed by atoms with Crippen LogP contribution in [0, 0.1) is 13.8 Å². The van der Waals surface area contributed by atoms with E-state index in [4.69, 9.17) is 27.7 Å². The van der Waals surface area contributed by atoms with Crippen LogP contribution in [0.3, 0.4) is 0 Å². The molecule has 0 aliphatic carbocycles. The van der Waals surface area contributed by atoms with Crippen LogP contribution in [0.15, 0.2) is 28.9 Å². The third-order valence-corrected chi connectivity index (χ3v) is 5.20. The Morgan fingerprint density at radius 1 is 1.33 bits per heavy atom. The van der Waals surface area contributed by atoms with Crippen molar-refractivity contribution >= 4 is 45.6 Å². The number of aromatic nitrogens is 2. The lowest BCUT2D eigenvalue weighted by Gasteiger charge is -2.03. The number of carbonyl (C=O) groups excluding carboxylic acids is 1. The quantitative estimate of drug-likeness (QED) is 0.697. The number of nitrogens with zero attached hydrogens (tertiary/aromatic N) is 2. The van der Waals surface area contributed by atoms with E-state index in [0.717, 1.165) is 10.4 Å². The zero-order valence-electron chi connectivity index (χ0n) is 12.9. The first-order valence-electron chi connectivity index (χ1n) is 7.07. The van der Waals surface area contributed by atoms with E-state index >= 15 is 0 Å². The molecule has 0 aliphatic rings. The molecule has 8 heteroatoms. The fourth-order valence-electron chi connectivity index (χ4n) is 2.29. The number of thiazole rings is 1. The number of nitrogens with one attached hydrogen (secondary N) is 1. The summed E-state index contributed by atoms with van der Waals surface area (Å²) in [5.41, 5.74) is 1.90. The number of rotatable bonds is 4. The first-order chi connectivity index (χ1) is 11.5. The second-order valence-corrected chi connectivity index (χ2v) is 7.08. The van der Waals surface area contributed by atoms with Gasteiger partial charge in [-0.3, -0.25) is 10.1 Å². The lowest BCUT2D eigenvalue weighted by atomic mass is 10.1. The van der Waals surface area contributed by atoms with Gasteiger partial charge in [0.25, 0.3) is 5.91 Å². The summed E-state index contributed by atoms with van der Waals surface area (Å²) >= 11 is 13.6. The number of anilines is 1. The molecular formula is C16H13Cl2N3O2S. The van der Waals surface area contributed by atoms with Gasteiger partial charge in [0.05, 0.1) is 15.7 Å². The van der Waals surface area contributed by atoms with E-state index in [1.54, 1.807) is 26.1 Å². The molecule has 0 aliphatic heterocycles. The number of amides is 1. The predicted molar refractivity (Wildman–Crippen MR) is 95.3 cm³/mol. The van der Waals surface area contributed by atoms with Gasteiger partial charge in [0, 0.05) is 17.5 Å². The van der Waals surface area contributed by atoms with Crippen molar-refractivity contribution < 1.29 is 9.32 Å². The van der Waals surface area contributed by atoms with Crippen LogP contribution in [0.2, 0.25) is 10.0 Å². The number of hydrogen-bond donors (Lipinski definition) is 1. The molecule has 124 valence electrons. The largest absolute Gasteiger partial charge is 0.361 e. The molecule has 1 aromatic carbocycles. The number of hydrogen-bond acceptors (Lipinski definition) is 5. The van der Waals surface area contributed by atoms with E-state index in [2.05, 4.69) is 15.5 Å². The summed E-state index contributed by atoms with van der Waals surface area (Å²) in [7, 11) is 0. The van der Waals surface area contributed by atoms with Crippen LogP contribution in [0.25, 0.3) is 0 Å². The molecule has 1 N–H and O–H groups in total. The van der Waals surface area contributed by atoms with Gasteiger partial charge < -0.3 is 4.52 Å². The Morgan fingerprint density at radius 2 is 2.12 bits per heavy atom.